The van der Waals surface area contributed by atoms with Crippen molar-refractivity contribution < 1.29 is 4.79 Å². The first-order chi connectivity index (χ1) is 6.58. The van der Waals surface area contributed by atoms with Crippen molar-refractivity contribution in [3.63, 3.8) is 0 Å². The highest BCUT2D eigenvalue weighted by Gasteiger charge is 2.19. The Morgan fingerprint density at radius 3 is 2.79 bits per heavy atom. The zero-order chi connectivity index (χ0) is 10.6. The Labute approximate surface area is 85.8 Å². The van der Waals surface area contributed by atoms with Gasteiger partial charge >= 0.3 is 6.03 Å². The van der Waals surface area contributed by atoms with Gasteiger partial charge in [0.25, 0.3) is 0 Å². The molecule has 1 rings (SSSR count). The van der Waals surface area contributed by atoms with Crippen LogP contribution in [0.2, 0.25) is 0 Å². The fourth-order valence-corrected chi connectivity index (χ4v) is 1.75. The number of urea groups is 1. The zero-order valence-electron chi connectivity index (χ0n) is 9.26. The Morgan fingerprint density at radius 2 is 2.21 bits per heavy atom. The molecule has 4 heteroatoms. The van der Waals surface area contributed by atoms with Gasteiger partial charge in [-0.3, -0.25) is 0 Å². The number of rotatable bonds is 2. The smallest absolute Gasteiger partial charge is 0.315 e. The van der Waals surface area contributed by atoms with Crippen LogP contribution in [0.1, 0.15) is 33.6 Å². The largest absolute Gasteiger partial charge is 0.336 e. The highest BCUT2D eigenvalue weighted by atomic mass is 16.2. The molecule has 1 heterocycles. The molecule has 2 amide bonds. The molecule has 0 bridgehead atoms. The van der Waals surface area contributed by atoms with E-state index in [1.165, 1.54) is 0 Å². The maximum absolute atomic E-state index is 11.4. The van der Waals surface area contributed by atoms with Crippen LogP contribution >= 0.6 is 0 Å². The molecule has 14 heavy (non-hydrogen) atoms. The van der Waals surface area contributed by atoms with Crippen LogP contribution in [0.15, 0.2) is 0 Å². The lowest BCUT2D eigenvalue weighted by Crippen LogP contribution is -2.50. The van der Waals surface area contributed by atoms with Crippen LogP contribution in [0.4, 0.5) is 4.79 Å². The summed E-state index contributed by atoms with van der Waals surface area (Å²) in [6, 6.07) is 0.992. The van der Waals surface area contributed by atoms with Crippen molar-refractivity contribution in [2.75, 3.05) is 6.54 Å². The van der Waals surface area contributed by atoms with Crippen LogP contribution in [-0.2, 0) is 0 Å². The van der Waals surface area contributed by atoms with Crippen molar-refractivity contribution in [3.05, 3.63) is 0 Å². The number of carbonyl (C=O) groups is 1. The number of piperidine rings is 1. The third kappa shape index (κ3) is 3.96. The van der Waals surface area contributed by atoms with E-state index in [9.17, 15) is 4.79 Å². The fourth-order valence-electron chi connectivity index (χ4n) is 1.75. The average Bonchev–Trinajstić information content (AvgIpc) is 2.01. The van der Waals surface area contributed by atoms with Gasteiger partial charge in [-0.25, -0.2) is 4.79 Å². The molecule has 0 aromatic heterocycles. The molecule has 1 saturated heterocycles. The predicted molar refractivity (Wildman–Crippen MR) is 57.3 cm³/mol. The lowest BCUT2D eigenvalue weighted by atomic mass is 10.0. The first-order valence-electron chi connectivity index (χ1n) is 5.38. The van der Waals surface area contributed by atoms with Crippen LogP contribution in [0.5, 0.6) is 0 Å². The first kappa shape index (κ1) is 11.3. The minimum atomic E-state index is -0.0425. The summed E-state index contributed by atoms with van der Waals surface area (Å²) in [5.74, 6) is 0. The van der Waals surface area contributed by atoms with Gasteiger partial charge in [0.1, 0.15) is 0 Å². The van der Waals surface area contributed by atoms with Gasteiger partial charge in [-0.15, -0.1) is 0 Å². The number of hydrogen-bond donors (Lipinski definition) is 3. The highest BCUT2D eigenvalue weighted by Crippen LogP contribution is 2.07. The van der Waals surface area contributed by atoms with Gasteiger partial charge in [0.2, 0.25) is 0 Å². The minimum Gasteiger partial charge on any atom is -0.336 e. The van der Waals surface area contributed by atoms with E-state index in [-0.39, 0.29) is 12.1 Å². The van der Waals surface area contributed by atoms with Gasteiger partial charge in [-0.2, -0.15) is 0 Å². The van der Waals surface area contributed by atoms with Crippen molar-refractivity contribution in [2.45, 2.75) is 51.7 Å². The third-order valence-corrected chi connectivity index (χ3v) is 2.38. The summed E-state index contributed by atoms with van der Waals surface area (Å²) in [7, 11) is 0. The van der Waals surface area contributed by atoms with Crippen LogP contribution in [0.25, 0.3) is 0 Å². The second-order valence-corrected chi connectivity index (χ2v) is 4.35. The lowest BCUT2D eigenvalue weighted by molar-refractivity contribution is 0.228. The molecule has 3 N–H and O–H groups in total. The maximum atomic E-state index is 11.4. The summed E-state index contributed by atoms with van der Waals surface area (Å²) in [5.41, 5.74) is 0. The molecule has 0 spiro atoms. The molecule has 1 aliphatic heterocycles. The van der Waals surface area contributed by atoms with Crippen LogP contribution in [-0.4, -0.2) is 30.7 Å². The molecule has 0 radical (unpaired) electrons. The molecule has 82 valence electrons. The number of hydrogen-bond acceptors (Lipinski definition) is 2. The average molecular weight is 199 g/mol. The van der Waals surface area contributed by atoms with Crippen LogP contribution in [0, 0.1) is 0 Å². The van der Waals surface area contributed by atoms with Gasteiger partial charge in [0.15, 0.2) is 0 Å². The summed E-state index contributed by atoms with van der Waals surface area (Å²) in [5, 5.41) is 9.18. The van der Waals surface area contributed by atoms with Gasteiger partial charge in [0.05, 0.1) is 0 Å². The van der Waals surface area contributed by atoms with Crippen molar-refractivity contribution >= 4 is 6.03 Å². The molecular weight excluding hydrogens is 178 g/mol. The summed E-state index contributed by atoms with van der Waals surface area (Å²) >= 11 is 0. The van der Waals surface area contributed by atoms with Gasteiger partial charge < -0.3 is 16.0 Å². The molecule has 4 nitrogen and oxygen atoms in total. The van der Waals surface area contributed by atoms with E-state index in [1.54, 1.807) is 0 Å². The summed E-state index contributed by atoms with van der Waals surface area (Å²) in [4.78, 5) is 11.4. The van der Waals surface area contributed by atoms with E-state index in [4.69, 9.17) is 0 Å². The predicted octanol–water partition coefficient (Wildman–Crippen LogP) is 0.834. The van der Waals surface area contributed by atoms with Crippen LogP contribution < -0.4 is 16.0 Å². The monoisotopic (exact) mass is 199 g/mol. The molecule has 2 unspecified atom stereocenters. The third-order valence-electron chi connectivity index (χ3n) is 2.38. The fraction of sp³-hybridized carbons (Fsp3) is 0.900. The summed E-state index contributed by atoms with van der Waals surface area (Å²) in [6.07, 6.45) is 2.04. The second-order valence-electron chi connectivity index (χ2n) is 4.35. The summed E-state index contributed by atoms with van der Waals surface area (Å²) < 4.78 is 0. The minimum absolute atomic E-state index is 0.0425. The number of carbonyl (C=O) groups excluding carboxylic acids is 1. The Kier molecular flexibility index (Phi) is 4.20. The second kappa shape index (κ2) is 5.20. The van der Waals surface area contributed by atoms with Gasteiger partial charge in [-0.05, 0) is 40.2 Å². The van der Waals surface area contributed by atoms with E-state index in [2.05, 4.69) is 22.9 Å². The maximum Gasteiger partial charge on any atom is 0.315 e. The van der Waals surface area contributed by atoms with E-state index in [0.29, 0.717) is 12.1 Å². The van der Waals surface area contributed by atoms with Crippen molar-refractivity contribution in [2.24, 2.45) is 0 Å². The van der Waals surface area contributed by atoms with Gasteiger partial charge in [0, 0.05) is 18.1 Å². The molecular formula is C10H21N3O. The molecule has 0 aromatic carbocycles. The van der Waals surface area contributed by atoms with Crippen molar-refractivity contribution in [1.82, 2.24) is 16.0 Å². The van der Waals surface area contributed by atoms with E-state index in [0.717, 1.165) is 19.4 Å². The van der Waals surface area contributed by atoms with Crippen molar-refractivity contribution in [3.8, 4) is 0 Å². The Hall–Kier alpha value is -0.770. The first-order valence-corrected chi connectivity index (χ1v) is 5.38. The Morgan fingerprint density at radius 1 is 1.50 bits per heavy atom. The van der Waals surface area contributed by atoms with E-state index in [1.807, 2.05) is 13.8 Å². The molecule has 1 fully saturated rings. The topological polar surface area (TPSA) is 53.2 Å². The molecule has 0 saturated carbocycles. The molecule has 2 atom stereocenters. The molecule has 0 aliphatic carbocycles. The van der Waals surface area contributed by atoms with Gasteiger partial charge in [-0.1, -0.05) is 0 Å². The van der Waals surface area contributed by atoms with E-state index < -0.39 is 0 Å². The normalized spacial score (nSPS) is 27.4. The van der Waals surface area contributed by atoms with E-state index >= 15 is 0 Å². The zero-order valence-corrected chi connectivity index (χ0v) is 9.26. The van der Waals surface area contributed by atoms with Crippen LogP contribution in [0.3, 0.4) is 0 Å². The quantitative estimate of drug-likeness (QED) is 0.617. The summed E-state index contributed by atoms with van der Waals surface area (Å²) in [6.45, 7) is 7.07. The molecule has 0 aromatic rings. The molecule has 1 aliphatic rings. The Balaban J connectivity index is 2.25. The Bertz CT molecular complexity index is 194. The standard InChI is InChI=1S/C10H21N3O/c1-7(2)12-10(14)13-9-4-5-11-8(3)6-9/h7-9,11H,4-6H2,1-3H3,(H2,12,13,14). The lowest BCUT2D eigenvalue weighted by Gasteiger charge is -2.28. The highest BCUT2D eigenvalue weighted by molar-refractivity contribution is 5.74. The van der Waals surface area contributed by atoms with Crippen molar-refractivity contribution in [1.29, 1.82) is 0 Å². The SMILES string of the molecule is CC(C)NC(=O)NC1CCNC(C)C1. The number of amides is 2. The number of nitrogens with one attached hydrogen (secondary N) is 3.